The third-order valence-electron chi connectivity index (χ3n) is 5.51. The van der Waals surface area contributed by atoms with E-state index in [2.05, 4.69) is 12.1 Å². The van der Waals surface area contributed by atoms with Gasteiger partial charge in [0.2, 0.25) is 11.8 Å². The monoisotopic (exact) mass is 328 g/mol. The molecule has 0 aliphatic carbocycles. The van der Waals surface area contributed by atoms with Crippen molar-refractivity contribution in [2.24, 2.45) is 11.8 Å². The topological polar surface area (TPSA) is 40.6 Å². The van der Waals surface area contributed by atoms with Gasteiger partial charge in [0.1, 0.15) is 0 Å². The summed E-state index contributed by atoms with van der Waals surface area (Å²) in [5, 5.41) is 0. The van der Waals surface area contributed by atoms with Crippen LogP contribution >= 0.6 is 0 Å². The van der Waals surface area contributed by atoms with Gasteiger partial charge in [-0.25, -0.2) is 0 Å². The van der Waals surface area contributed by atoms with Gasteiger partial charge in [-0.1, -0.05) is 30.3 Å². The second-order valence-electron chi connectivity index (χ2n) is 7.17. The van der Waals surface area contributed by atoms with Crippen LogP contribution in [-0.2, 0) is 16.0 Å². The van der Waals surface area contributed by atoms with Crippen molar-refractivity contribution in [2.45, 2.75) is 38.5 Å². The zero-order valence-electron chi connectivity index (χ0n) is 14.6. The van der Waals surface area contributed by atoms with Gasteiger partial charge in [-0.2, -0.15) is 0 Å². The molecule has 1 aromatic carbocycles. The van der Waals surface area contributed by atoms with Gasteiger partial charge in [-0.15, -0.1) is 0 Å². The predicted molar refractivity (Wildman–Crippen MR) is 94.4 cm³/mol. The molecule has 2 heterocycles. The molecule has 3 rings (SSSR count). The number of amides is 2. The summed E-state index contributed by atoms with van der Waals surface area (Å²) in [5.41, 5.74) is 1.24. The first-order valence-corrected chi connectivity index (χ1v) is 9.24. The number of carbonyl (C=O) groups is 2. The van der Waals surface area contributed by atoms with Crippen LogP contribution < -0.4 is 0 Å². The van der Waals surface area contributed by atoms with Crippen molar-refractivity contribution in [1.82, 2.24) is 9.80 Å². The molecule has 1 aromatic rings. The molecule has 0 aromatic heterocycles. The second-order valence-corrected chi connectivity index (χ2v) is 7.17. The molecule has 2 aliphatic rings. The molecule has 24 heavy (non-hydrogen) atoms. The number of likely N-dealkylation sites (tertiary alicyclic amines) is 2. The Bertz CT molecular complexity index is 566. The summed E-state index contributed by atoms with van der Waals surface area (Å²) in [6, 6.07) is 10.3. The fourth-order valence-corrected chi connectivity index (χ4v) is 4.07. The van der Waals surface area contributed by atoms with Gasteiger partial charge < -0.3 is 9.80 Å². The van der Waals surface area contributed by atoms with E-state index in [1.807, 2.05) is 30.1 Å². The van der Waals surface area contributed by atoms with Crippen LogP contribution in [0.4, 0.5) is 0 Å². The Morgan fingerprint density at radius 1 is 1.12 bits per heavy atom. The van der Waals surface area contributed by atoms with Gasteiger partial charge in [-0.05, 0) is 44.1 Å². The van der Waals surface area contributed by atoms with Gasteiger partial charge in [0, 0.05) is 32.6 Å². The van der Waals surface area contributed by atoms with Gasteiger partial charge >= 0.3 is 0 Å². The lowest BCUT2D eigenvalue weighted by Gasteiger charge is -2.35. The first-order chi connectivity index (χ1) is 11.7. The molecular formula is C20H28N2O2. The van der Waals surface area contributed by atoms with E-state index in [-0.39, 0.29) is 23.7 Å². The maximum absolute atomic E-state index is 13.1. The standard InChI is InChI=1S/C20H28N2O2/c1-21-13-7-10-17(19(21)23)18(20(24)22-14-5-6-15-22)12-11-16-8-3-2-4-9-16/h2-4,8-9,17-18H,5-7,10-15H2,1H3/t17-,18+/m0/s1. The predicted octanol–water partition coefficient (Wildman–Crippen LogP) is 2.73. The van der Waals surface area contributed by atoms with Crippen LogP contribution in [0.3, 0.4) is 0 Å². The molecule has 2 atom stereocenters. The fourth-order valence-electron chi connectivity index (χ4n) is 4.07. The Hall–Kier alpha value is -1.84. The number of benzene rings is 1. The van der Waals surface area contributed by atoms with E-state index in [1.54, 1.807) is 4.90 Å². The maximum Gasteiger partial charge on any atom is 0.226 e. The van der Waals surface area contributed by atoms with Crippen LogP contribution in [0.25, 0.3) is 0 Å². The van der Waals surface area contributed by atoms with Gasteiger partial charge in [-0.3, -0.25) is 9.59 Å². The first kappa shape index (κ1) is 17.0. The highest BCUT2D eigenvalue weighted by Crippen LogP contribution is 2.30. The lowest BCUT2D eigenvalue weighted by Crippen LogP contribution is -2.46. The molecule has 0 bridgehead atoms. The summed E-state index contributed by atoms with van der Waals surface area (Å²) < 4.78 is 0. The Balaban J connectivity index is 1.74. The van der Waals surface area contributed by atoms with E-state index in [0.717, 1.165) is 58.2 Å². The zero-order valence-corrected chi connectivity index (χ0v) is 14.6. The van der Waals surface area contributed by atoms with Crippen molar-refractivity contribution < 1.29 is 9.59 Å². The molecule has 2 amide bonds. The van der Waals surface area contributed by atoms with Crippen molar-refractivity contribution in [3.05, 3.63) is 35.9 Å². The second kappa shape index (κ2) is 7.82. The van der Waals surface area contributed by atoms with E-state index in [1.165, 1.54) is 5.56 Å². The Morgan fingerprint density at radius 2 is 1.83 bits per heavy atom. The number of piperidine rings is 1. The highest BCUT2D eigenvalue weighted by molar-refractivity contribution is 5.88. The number of hydrogen-bond acceptors (Lipinski definition) is 2. The summed E-state index contributed by atoms with van der Waals surface area (Å²) in [7, 11) is 1.86. The van der Waals surface area contributed by atoms with Crippen LogP contribution in [0.5, 0.6) is 0 Å². The van der Waals surface area contributed by atoms with Crippen LogP contribution in [0.2, 0.25) is 0 Å². The molecule has 0 unspecified atom stereocenters. The van der Waals surface area contributed by atoms with Crippen LogP contribution in [-0.4, -0.2) is 48.3 Å². The molecule has 0 spiro atoms. The van der Waals surface area contributed by atoms with Crippen molar-refractivity contribution in [3.8, 4) is 0 Å². The molecule has 2 saturated heterocycles. The smallest absolute Gasteiger partial charge is 0.226 e. The Morgan fingerprint density at radius 3 is 2.54 bits per heavy atom. The van der Waals surface area contributed by atoms with Crippen molar-refractivity contribution in [1.29, 1.82) is 0 Å². The summed E-state index contributed by atoms with van der Waals surface area (Å²) >= 11 is 0. The van der Waals surface area contributed by atoms with Crippen molar-refractivity contribution >= 4 is 11.8 Å². The third-order valence-corrected chi connectivity index (χ3v) is 5.51. The highest BCUT2D eigenvalue weighted by atomic mass is 16.2. The molecular weight excluding hydrogens is 300 g/mol. The normalized spacial score (nSPS) is 22.7. The average Bonchev–Trinajstić information content (AvgIpc) is 3.14. The summed E-state index contributed by atoms with van der Waals surface area (Å²) in [5.74, 6) is 0.0584. The van der Waals surface area contributed by atoms with Crippen LogP contribution in [0.15, 0.2) is 30.3 Å². The van der Waals surface area contributed by atoms with Crippen LogP contribution in [0, 0.1) is 11.8 Å². The van der Waals surface area contributed by atoms with E-state index in [4.69, 9.17) is 0 Å². The van der Waals surface area contributed by atoms with E-state index in [9.17, 15) is 9.59 Å². The summed E-state index contributed by atoms with van der Waals surface area (Å²) in [6.45, 7) is 2.54. The zero-order chi connectivity index (χ0) is 16.9. The quantitative estimate of drug-likeness (QED) is 0.834. The summed E-state index contributed by atoms with van der Waals surface area (Å²) in [6.07, 6.45) is 5.66. The lowest BCUT2D eigenvalue weighted by atomic mass is 9.80. The highest BCUT2D eigenvalue weighted by Gasteiger charge is 2.39. The molecule has 4 nitrogen and oxygen atoms in total. The first-order valence-electron chi connectivity index (χ1n) is 9.24. The fraction of sp³-hybridized carbons (Fsp3) is 0.600. The number of nitrogens with zero attached hydrogens (tertiary/aromatic N) is 2. The van der Waals surface area contributed by atoms with Gasteiger partial charge in [0.25, 0.3) is 0 Å². The Kier molecular flexibility index (Phi) is 5.54. The molecule has 130 valence electrons. The molecule has 0 N–H and O–H groups in total. The molecule has 0 radical (unpaired) electrons. The Labute approximate surface area is 144 Å². The molecule has 2 aliphatic heterocycles. The molecule has 2 fully saturated rings. The van der Waals surface area contributed by atoms with Crippen molar-refractivity contribution in [3.63, 3.8) is 0 Å². The van der Waals surface area contributed by atoms with E-state index < -0.39 is 0 Å². The number of carbonyl (C=O) groups excluding carboxylic acids is 2. The van der Waals surface area contributed by atoms with Crippen LogP contribution in [0.1, 0.15) is 37.7 Å². The van der Waals surface area contributed by atoms with E-state index in [0.29, 0.717) is 0 Å². The number of hydrogen-bond donors (Lipinski definition) is 0. The van der Waals surface area contributed by atoms with E-state index >= 15 is 0 Å². The van der Waals surface area contributed by atoms with Crippen molar-refractivity contribution in [2.75, 3.05) is 26.7 Å². The largest absolute Gasteiger partial charge is 0.346 e. The number of rotatable bonds is 5. The minimum absolute atomic E-state index is 0.138. The average molecular weight is 328 g/mol. The third kappa shape index (κ3) is 3.80. The minimum atomic E-state index is -0.168. The number of aryl methyl sites for hydroxylation is 1. The molecule has 4 heteroatoms. The lowest BCUT2D eigenvalue weighted by molar-refractivity contribution is -0.147. The van der Waals surface area contributed by atoms with Gasteiger partial charge in [0.15, 0.2) is 0 Å². The maximum atomic E-state index is 13.1. The van der Waals surface area contributed by atoms with Gasteiger partial charge in [0.05, 0.1) is 5.92 Å². The SMILES string of the molecule is CN1CCC[C@@H]([C@@H](CCc2ccccc2)C(=O)N2CCCC2)C1=O. The summed E-state index contributed by atoms with van der Waals surface area (Å²) in [4.78, 5) is 29.5. The minimum Gasteiger partial charge on any atom is -0.346 e. The molecule has 0 saturated carbocycles.